The van der Waals surface area contributed by atoms with Crippen LogP contribution in [0.15, 0.2) is 36.9 Å². The topological polar surface area (TPSA) is 84.7 Å². The van der Waals surface area contributed by atoms with E-state index in [-0.39, 0.29) is 12.5 Å². The molecule has 0 unspecified atom stereocenters. The number of nitrogens with zero attached hydrogens (tertiary/aromatic N) is 4. The minimum Gasteiger partial charge on any atom is -0.354 e. The van der Waals surface area contributed by atoms with E-state index in [0.29, 0.717) is 6.54 Å². The van der Waals surface area contributed by atoms with Gasteiger partial charge in [0.25, 0.3) is 0 Å². The highest BCUT2D eigenvalue weighted by Gasteiger charge is 2.01. The Kier molecular flexibility index (Phi) is 5.66. The van der Waals surface area contributed by atoms with Crippen molar-refractivity contribution in [3.05, 3.63) is 42.5 Å². The number of hydrogen-bond donors (Lipinski definition) is 2. The first-order chi connectivity index (χ1) is 9.84. The van der Waals surface area contributed by atoms with Gasteiger partial charge in [0.15, 0.2) is 0 Å². The highest BCUT2D eigenvalue weighted by atomic mass is 16.2. The molecule has 2 aromatic heterocycles. The van der Waals surface area contributed by atoms with Crippen molar-refractivity contribution in [3.8, 4) is 0 Å². The first-order valence-electron chi connectivity index (χ1n) is 6.55. The van der Waals surface area contributed by atoms with Crippen molar-refractivity contribution in [2.24, 2.45) is 0 Å². The summed E-state index contributed by atoms with van der Waals surface area (Å²) in [5, 5.41) is 13.5. The maximum absolute atomic E-state index is 11.5. The lowest BCUT2D eigenvalue weighted by molar-refractivity contribution is -0.121. The molecule has 0 fully saturated rings. The van der Waals surface area contributed by atoms with Crippen LogP contribution < -0.4 is 10.6 Å². The zero-order chi connectivity index (χ0) is 14.0. The number of hydrogen-bond acceptors (Lipinski definition) is 5. The fourth-order valence-corrected chi connectivity index (χ4v) is 1.70. The van der Waals surface area contributed by atoms with Crippen LogP contribution in [0.3, 0.4) is 0 Å². The van der Waals surface area contributed by atoms with Crippen LogP contribution >= 0.6 is 0 Å². The van der Waals surface area contributed by atoms with Gasteiger partial charge in [0.2, 0.25) is 5.91 Å². The summed E-state index contributed by atoms with van der Waals surface area (Å²) < 4.78 is 1.50. The lowest BCUT2D eigenvalue weighted by atomic mass is 10.3. The van der Waals surface area contributed by atoms with Gasteiger partial charge in [-0.15, -0.1) is 5.10 Å². The summed E-state index contributed by atoms with van der Waals surface area (Å²) in [5.74, 6) is -0.0530. The third-order valence-corrected chi connectivity index (χ3v) is 2.68. The average Bonchev–Trinajstić information content (AvgIpc) is 2.96. The van der Waals surface area contributed by atoms with Gasteiger partial charge in [-0.1, -0.05) is 11.3 Å². The van der Waals surface area contributed by atoms with E-state index in [0.717, 1.165) is 25.1 Å². The Labute approximate surface area is 117 Å². The van der Waals surface area contributed by atoms with Crippen molar-refractivity contribution in [3.63, 3.8) is 0 Å². The summed E-state index contributed by atoms with van der Waals surface area (Å²) in [6.07, 6.45) is 7.69. The summed E-state index contributed by atoms with van der Waals surface area (Å²) >= 11 is 0. The lowest BCUT2D eigenvalue weighted by Gasteiger charge is -2.06. The molecule has 0 aromatic carbocycles. The minimum atomic E-state index is -0.0530. The van der Waals surface area contributed by atoms with E-state index in [9.17, 15) is 4.79 Å². The van der Waals surface area contributed by atoms with Gasteiger partial charge in [-0.25, -0.2) is 4.68 Å². The molecule has 0 aliphatic rings. The molecule has 0 saturated carbocycles. The van der Waals surface area contributed by atoms with Gasteiger partial charge in [-0.3, -0.25) is 9.78 Å². The Morgan fingerprint density at radius 2 is 2.25 bits per heavy atom. The van der Waals surface area contributed by atoms with E-state index < -0.39 is 0 Å². The number of pyridine rings is 1. The van der Waals surface area contributed by atoms with Crippen LogP contribution in [0.5, 0.6) is 0 Å². The molecular weight excluding hydrogens is 256 g/mol. The number of aromatic nitrogens is 4. The number of nitrogens with one attached hydrogen (secondary N) is 2. The van der Waals surface area contributed by atoms with Gasteiger partial charge in [0, 0.05) is 31.7 Å². The molecule has 1 amide bonds. The first-order valence-corrected chi connectivity index (χ1v) is 6.55. The largest absolute Gasteiger partial charge is 0.354 e. The molecule has 0 radical (unpaired) electrons. The molecule has 0 bridgehead atoms. The van der Waals surface area contributed by atoms with Crippen LogP contribution in [0, 0.1) is 0 Å². The molecule has 7 nitrogen and oxygen atoms in total. The third kappa shape index (κ3) is 5.15. The molecule has 7 heteroatoms. The van der Waals surface area contributed by atoms with Gasteiger partial charge in [0.05, 0.1) is 6.20 Å². The van der Waals surface area contributed by atoms with Crippen LogP contribution in [0.2, 0.25) is 0 Å². The molecule has 0 saturated heterocycles. The first kappa shape index (κ1) is 14.1. The zero-order valence-electron chi connectivity index (χ0n) is 11.2. The van der Waals surface area contributed by atoms with Crippen molar-refractivity contribution in [1.82, 2.24) is 30.6 Å². The summed E-state index contributed by atoms with van der Waals surface area (Å²) in [6.45, 7) is 2.50. The molecule has 2 N–H and O–H groups in total. The van der Waals surface area contributed by atoms with Gasteiger partial charge >= 0.3 is 0 Å². The fraction of sp³-hybridized carbons (Fsp3) is 0.385. The Bertz CT molecular complexity index is 499. The zero-order valence-corrected chi connectivity index (χ0v) is 11.2. The van der Waals surface area contributed by atoms with E-state index in [4.69, 9.17) is 0 Å². The van der Waals surface area contributed by atoms with Gasteiger partial charge < -0.3 is 10.6 Å². The van der Waals surface area contributed by atoms with Crippen LogP contribution in [-0.2, 0) is 17.9 Å². The average molecular weight is 274 g/mol. The van der Waals surface area contributed by atoms with Crippen molar-refractivity contribution in [2.45, 2.75) is 19.5 Å². The van der Waals surface area contributed by atoms with E-state index in [2.05, 4.69) is 25.9 Å². The molecule has 2 heterocycles. The normalized spacial score (nSPS) is 10.4. The second kappa shape index (κ2) is 8.00. The van der Waals surface area contributed by atoms with Crippen molar-refractivity contribution < 1.29 is 4.79 Å². The van der Waals surface area contributed by atoms with E-state index in [1.165, 1.54) is 4.68 Å². The SMILES string of the molecule is O=C(Cn1ccnn1)NCCCNCc1cccnc1. The Morgan fingerprint density at radius 1 is 1.30 bits per heavy atom. The van der Waals surface area contributed by atoms with Gasteiger partial charge in [0.1, 0.15) is 6.54 Å². The maximum atomic E-state index is 11.5. The van der Waals surface area contributed by atoms with Crippen LogP contribution in [0.1, 0.15) is 12.0 Å². The molecule has 0 aliphatic heterocycles. The minimum absolute atomic E-state index is 0.0530. The second-order valence-electron chi connectivity index (χ2n) is 4.34. The van der Waals surface area contributed by atoms with Crippen molar-refractivity contribution in [1.29, 1.82) is 0 Å². The van der Waals surface area contributed by atoms with Crippen molar-refractivity contribution >= 4 is 5.91 Å². The van der Waals surface area contributed by atoms with Crippen LogP contribution in [0.4, 0.5) is 0 Å². The van der Waals surface area contributed by atoms with Crippen LogP contribution in [0.25, 0.3) is 0 Å². The highest BCUT2D eigenvalue weighted by Crippen LogP contribution is 1.93. The number of carbonyl (C=O) groups is 1. The molecule has 106 valence electrons. The van der Waals surface area contributed by atoms with Gasteiger partial charge in [-0.2, -0.15) is 0 Å². The number of amides is 1. The van der Waals surface area contributed by atoms with Gasteiger partial charge in [-0.05, 0) is 24.6 Å². The molecular formula is C13H18N6O. The van der Waals surface area contributed by atoms with Crippen molar-refractivity contribution in [2.75, 3.05) is 13.1 Å². The van der Waals surface area contributed by atoms with E-state index in [1.54, 1.807) is 18.6 Å². The number of rotatable bonds is 8. The monoisotopic (exact) mass is 274 g/mol. The summed E-state index contributed by atoms with van der Waals surface area (Å²) in [6, 6.07) is 3.95. The maximum Gasteiger partial charge on any atom is 0.241 e. The summed E-state index contributed by atoms with van der Waals surface area (Å²) in [4.78, 5) is 15.6. The molecule has 20 heavy (non-hydrogen) atoms. The predicted molar refractivity (Wildman–Crippen MR) is 73.6 cm³/mol. The molecule has 0 spiro atoms. The fourth-order valence-electron chi connectivity index (χ4n) is 1.70. The Balaban J connectivity index is 1.50. The Hall–Kier alpha value is -2.28. The van der Waals surface area contributed by atoms with Crippen LogP contribution in [-0.4, -0.2) is 39.0 Å². The lowest BCUT2D eigenvalue weighted by Crippen LogP contribution is -2.30. The summed E-state index contributed by atoms with van der Waals surface area (Å²) in [7, 11) is 0. The Morgan fingerprint density at radius 3 is 3.00 bits per heavy atom. The van der Waals surface area contributed by atoms with E-state index in [1.807, 2.05) is 18.3 Å². The third-order valence-electron chi connectivity index (χ3n) is 2.68. The smallest absolute Gasteiger partial charge is 0.241 e. The molecule has 0 aliphatic carbocycles. The molecule has 2 rings (SSSR count). The standard InChI is InChI=1S/C13H18N6O/c20-13(11-19-8-7-17-18-19)16-6-2-5-15-10-12-3-1-4-14-9-12/h1,3-4,7-9,15H,2,5-6,10-11H2,(H,16,20). The molecule has 0 atom stereocenters. The second-order valence-corrected chi connectivity index (χ2v) is 4.34. The number of carbonyl (C=O) groups excluding carboxylic acids is 1. The van der Waals surface area contributed by atoms with E-state index >= 15 is 0 Å². The molecule has 2 aromatic rings. The summed E-state index contributed by atoms with van der Waals surface area (Å²) in [5.41, 5.74) is 1.16. The highest BCUT2D eigenvalue weighted by molar-refractivity contribution is 5.75. The predicted octanol–water partition coefficient (Wildman–Crippen LogP) is -0.0308. The quantitative estimate of drug-likeness (QED) is 0.660.